The van der Waals surface area contributed by atoms with Crippen molar-refractivity contribution in [3.63, 3.8) is 0 Å². The summed E-state index contributed by atoms with van der Waals surface area (Å²) in [5, 5.41) is 28.2. The molecule has 0 aliphatic carbocycles. The first-order valence-corrected chi connectivity index (χ1v) is 5.97. The van der Waals surface area contributed by atoms with E-state index in [-0.39, 0.29) is 23.0 Å². The summed E-state index contributed by atoms with van der Waals surface area (Å²) in [6.07, 6.45) is 0.599. The molecular weight excluding hydrogens is 250 g/mol. The third kappa shape index (κ3) is 2.33. The van der Waals surface area contributed by atoms with E-state index in [1.807, 2.05) is 0 Å². The number of carbonyl (C=O) groups excluding carboxylic acids is 1. The number of amides is 1. The van der Waals surface area contributed by atoms with Gasteiger partial charge in [-0.1, -0.05) is 6.92 Å². The van der Waals surface area contributed by atoms with E-state index in [1.54, 1.807) is 6.92 Å². The van der Waals surface area contributed by atoms with E-state index < -0.39 is 17.9 Å². The summed E-state index contributed by atoms with van der Waals surface area (Å²) in [6, 6.07) is 2.71. The maximum Gasteiger partial charge on any atom is 0.326 e. The van der Waals surface area contributed by atoms with Crippen LogP contribution < -0.4 is 0 Å². The van der Waals surface area contributed by atoms with Gasteiger partial charge in [0.2, 0.25) is 0 Å². The second-order valence-electron chi connectivity index (χ2n) is 4.75. The zero-order valence-electron chi connectivity index (χ0n) is 10.4. The molecule has 3 N–H and O–H groups in total. The first kappa shape index (κ1) is 13.2. The van der Waals surface area contributed by atoms with Crippen LogP contribution in [0.5, 0.6) is 11.5 Å². The van der Waals surface area contributed by atoms with Gasteiger partial charge in [0.05, 0.1) is 5.56 Å². The minimum Gasteiger partial charge on any atom is -0.508 e. The highest BCUT2D eigenvalue weighted by Crippen LogP contribution is 2.29. The number of carboxylic acid groups (broad SMARTS) is 1. The largest absolute Gasteiger partial charge is 0.508 e. The molecule has 102 valence electrons. The monoisotopic (exact) mass is 265 g/mol. The predicted octanol–water partition coefficient (Wildman–Crippen LogP) is 1.03. The molecule has 1 aliphatic rings. The smallest absolute Gasteiger partial charge is 0.326 e. The molecule has 1 heterocycles. The summed E-state index contributed by atoms with van der Waals surface area (Å²) in [4.78, 5) is 24.7. The Morgan fingerprint density at radius 3 is 2.63 bits per heavy atom. The molecule has 0 saturated carbocycles. The first-order chi connectivity index (χ1) is 8.91. The Kier molecular flexibility index (Phi) is 3.33. The lowest BCUT2D eigenvalue weighted by molar-refractivity contribution is -0.142. The molecule has 1 fully saturated rings. The molecule has 0 radical (unpaired) electrons. The lowest BCUT2D eigenvalue weighted by atomic mass is 10.0. The molecule has 2 atom stereocenters. The van der Waals surface area contributed by atoms with Gasteiger partial charge in [0, 0.05) is 6.54 Å². The highest BCUT2D eigenvalue weighted by molar-refractivity contribution is 5.99. The molecule has 1 aromatic rings. The summed E-state index contributed by atoms with van der Waals surface area (Å²) < 4.78 is 0. The highest BCUT2D eigenvalue weighted by atomic mass is 16.4. The molecule has 2 unspecified atom stereocenters. The summed E-state index contributed by atoms with van der Waals surface area (Å²) in [5.74, 6) is -2.20. The van der Waals surface area contributed by atoms with Gasteiger partial charge in [0.15, 0.2) is 0 Å². The van der Waals surface area contributed by atoms with Crippen LogP contribution in [0.25, 0.3) is 0 Å². The zero-order chi connectivity index (χ0) is 14.2. The maximum atomic E-state index is 12.3. The van der Waals surface area contributed by atoms with E-state index in [0.717, 1.165) is 6.07 Å². The average molecular weight is 265 g/mol. The third-order valence-corrected chi connectivity index (χ3v) is 3.42. The number of aliphatic carboxylic acids is 1. The Morgan fingerprint density at radius 1 is 1.32 bits per heavy atom. The van der Waals surface area contributed by atoms with Gasteiger partial charge in [0.1, 0.15) is 17.5 Å². The zero-order valence-corrected chi connectivity index (χ0v) is 10.4. The van der Waals surface area contributed by atoms with Crippen LogP contribution >= 0.6 is 0 Å². The molecule has 19 heavy (non-hydrogen) atoms. The van der Waals surface area contributed by atoms with Crippen LogP contribution in [0.1, 0.15) is 23.7 Å². The van der Waals surface area contributed by atoms with Crippen LogP contribution in [0.2, 0.25) is 0 Å². The second kappa shape index (κ2) is 4.79. The van der Waals surface area contributed by atoms with Crippen LogP contribution in [0.15, 0.2) is 18.2 Å². The molecule has 0 spiro atoms. The van der Waals surface area contributed by atoms with E-state index >= 15 is 0 Å². The van der Waals surface area contributed by atoms with Crippen molar-refractivity contribution in [3.8, 4) is 11.5 Å². The summed E-state index contributed by atoms with van der Waals surface area (Å²) in [7, 11) is 0. The highest BCUT2D eigenvalue weighted by Gasteiger charge is 2.40. The molecule has 1 aromatic carbocycles. The normalized spacial score (nSPS) is 22.5. The predicted molar refractivity (Wildman–Crippen MR) is 66.0 cm³/mol. The lowest BCUT2D eigenvalue weighted by Gasteiger charge is -2.23. The molecule has 1 saturated heterocycles. The van der Waals surface area contributed by atoms with E-state index in [9.17, 15) is 19.8 Å². The number of hydrogen-bond donors (Lipinski definition) is 3. The summed E-state index contributed by atoms with van der Waals surface area (Å²) in [5.41, 5.74) is -0.0830. The van der Waals surface area contributed by atoms with E-state index in [1.165, 1.54) is 17.0 Å². The van der Waals surface area contributed by atoms with Crippen molar-refractivity contribution in [3.05, 3.63) is 23.8 Å². The lowest BCUT2D eigenvalue weighted by Crippen LogP contribution is -2.42. The van der Waals surface area contributed by atoms with Crippen molar-refractivity contribution in [2.75, 3.05) is 6.54 Å². The fourth-order valence-corrected chi connectivity index (χ4v) is 2.40. The van der Waals surface area contributed by atoms with Crippen LogP contribution in [0, 0.1) is 5.92 Å². The van der Waals surface area contributed by atoms with Crippen molar-refractivity contribution in [1.82, 2.24) is 4.90 Å². The van der Waals surface area contributed by atoms with Gasteiger partial charge >= 0.3 is 5.97 Å². The summed E-state index contributed by atoms with van der Waals surface area (Å²) >= 11 is 0. The number of hydrogen-bond acceptors (Lipinski definition) is 4. The van der Waals surface area contributed by atoms with Gasteiger partial charge in [-0.15, -0.1) is 0 Å². The van der Waals surface area contributed by atoms with E-state index in [2.05, 4.69) is 0 Å². The molecule has 6 nitrogen and oxygen atoms in total. The SMILES string of the molecule is CC1CCN(C(=O)c2cc(O)ccc2O)C1C(=O)O. The van der Waals surface area contributed by atoms with Crippen molar-refractivity contribution in [2.45, 2.75) is 19.4 Å². The van der Waals surface area contributed by atoms with Crippen molar-refractivity contribution in [2.24, 2.45) is 5.92 Å². The van der Waals surface area contributed by atoms with Gasteiger partial charge in [-0.3, -0.25) is 4.79 Å². The number of carboxylic acids is 1. The topological polar surface area (TPSA) is 98.1 Å². The number of phenols is 2. The van der Waals surface area contributed by atoms with Crippen molar-refractivity contribution in [1.29, 1.82) is 0 Å². The maximum absolute atomic E-state index is 12.3. The fourth-order valence-electron chi connectivity index (χ4n) is 2.40. The van der Waals surface area contributed by atoms with Gasteiger partial charge in [-0.25, -0.2) is 4.79 Å². The van der Waals surface area contributed by atoms with E-state index in [4.69, 9.17) is 5.11 Å². The number of rotatable bonds is 2. The number of nitrogens with zero attached hydrogens (tertiary/aromatic N) is 1. The molecule has 0 aromatic heterocycles. The first-order valence-electron chi connectivity index (χ1n) is 5.97. The van der Waals surface area contributed by atoms with Crippen LogP contribution in [0.3, 0.4) is 0 Å². The Morgan fingerprint density at radius 2 is 2.00 bits per heavy atom. The Bertz CT molecular complexity index is 528. The van der Waals surface area contributed by atoms with Crippen LogP contribution in [-0.2, 0) is 4.79 Å². The van der Waals surface area contributed by atoms with Gasteiger partial charge in [-0.05, 0) is 30.5 Å². The standard InChI is InChI=1S/C13H15NO5/c1-7-4-5-14(11(7)13(18)19)12(17)9-6-8(15)2-3-10(9)16/h2-3,6-7,11,15-16H,4-5H2,1H3,(H,18,19). The average Bonchev–Trinajstić information content (AvgIpc) is 2.73. The van der Waals surface area contributed by atoms with Gasteiger partial charge in [-0.2, -0.15) is 0 Å². The number of aromatic hydroxyl groups is 2. The minimum atomic E-state index is -1.06. The Balaban J connectivity index is 2.33. The minimum absolute atomic E-state index is 0.0830. The Hall–Kier alpha value is -2.24. The van der Waals surface area contributed by atoms with E-state index in [0.29, 0.717) is 13.0 Å². The van der Waals surface area contributed by atoms with Crippen LogP contribution in [0.4, 0.5) is 0 Å². The Labute approximate surface area is 109 Å². The third-order valence-electron chi connectivity index (χ3n) is 3.42. The van der Waals surface area contributed by atoms with Gasteiger partial charge < -0.3 is 20.2 Å². The number of benzene rings is 1. The quantitative estimate of drug-likeness (QED) is 0.694. The molecule has 0 bridgehead atoms. The number of phenolic OH excluding ortho intramolecular Hbond substituents is 2. The number of likely N-dealkylation sites (tertiary alicyclic amines) is 1. The van der Waals surface area contributed by atoms with Gasteiger partial charge in [0.25, 0.3) is 5.91 Å². The van der Waals surface area contributed by atoms with Crippen molar-refractivity contribution < 1.29 is 24.9 Å². The second-order valence-corrected chi connectivity index (χ2v) is 4.75. The molecule has 1 aliphatic heterocycles. The number of carbonyl (C=O) groups is 2. The molecule has 2 rings (SSSR count). The molecular formula is C13H15NO5. The van der Waals surface area contributed by atoms with Crippen LogP contribution in [-0.4, -0.2) is 44.7 Å². The fraction of sp³-hybridized carbons (Fsp3) is 0.385. The molecule has 1 amide bonds. The van der Waals surface area contributed by atoms with Crippen molar-refractivity contribution >= 4 is 11.9 Å². The molecule has 6 heteroatoms. The summed E-state index contributed by atoms with van der Waals surface area (Å²) in [6.45, 7) is 2.10.